The van der Waals surface area contributed by atoms with E-state index in [1.54, 1.807) is 18.2 Å². The molecule has 1 aromatic carbocycles. The van der Waals surface area contributed by atoms with E-state index in [1.165, 1.54) is 11.8 Å². The second-order valence-electron chi connectivity index (χ2n) is 3.76. The summed E-state index contributed by atoms with van der Waals surface area (Å²) in [5.41, 5.74) is 1.15. The standard InChI is InChI=1S/C13H9Br2NO2S/c1-7-10(15)4-5-12(16-7)19-11-6-8(14)2-3-9(11)13(17)18/h2-6H,1H3,(H,17,18). The quantitative estimate of drug-likeness (QED) is 0.803. The van der Waals surface area contributed by atoms with Crippen LogP contribution < -0.4 is 0 Å². The smallest absolute Gasteiger partial charge is 0.336 e. The van der Waals surface area contributed by atoms with Gasteiger partial charge in [-0.15, -0.1) is 0 Å². The lowest BCUT2D eigenvalue weighted by molar-refractivity contribution is 0.0693. The first kappa shape index (κ1) is 14.6. The van der Waals surface area contributed by atoms with E-state index in [1.807, 2.05) is 19.1 Å². The van der Waals surface area contributed by atoms with Gasteiger partial charge in [-0.2, -0.15) is 0 Å². The van der Waals surface area contributed by atoms with Crippen LogP contribution in [-0.2, 0) is 0 Å². The number of carboxylic acid groups (broad SMARTS) is 1. The molecule has 1 heterocycles. The molecular weight excluding hydrogens is 394 g/mol. The molecule has 0 atom stereocenters. The molecule has 2 rings (SSSR count). The summed E-state index contributed by atoms with van der Waals surface area (Å²) >= 11 is 8.08. The molecule has 0 saturated carbocycles. The number of aromatic nitrogens is 1. The summed E-state index contributed by atoms with van der Waals surface area (Å²) in [4.78, 5) is 16.3. The summed E-state index contributed by atoms with van der Waals surface area (Å²) in [5, 5.41) is 9.94. The molecule has 0 fully saturated rings. The van der Waals surface area contributed by atoms with Gasteiger partial charge in [0.15, 0.2) is 0 Å². The fourth-order valence-corrected chi connectivity index (χ4v) is 3.18. The Hall–Kier alpha value is -0.850. The minimum Gasteiger partial charge on any atom is -0.478 e. The molecule has 0 bridgehead atoms. The van der Waals surface area contributed by atoms with Gasteiger partial charge >= 0.3 is 5.97 Å². The van der Waals surface area contributed by atoms with E-state index < -0.39 is 5.97 Å². The first-order chi connectivity index (χ1) is 8.97. The van der Waals surface area contributed by atoms with Gasteiger partial charge in [0.2, 0.25) is 0 Å². The van der Waals surface area contributed by atoms with Crippen molar-refractivity contribution in [1.82, 2.24) is 4.98 Å². The number of aryl methyl sites for hydroxylation is 1. The van der Waals surface area contributed by atoms with Gasteiger partial charge in [0.05, 0.1) is 11.3 Å². The van der Waals surface area contributed by atoms with Gasteiger partial charge in [0.1, 0.15) is 5.03 Å². The number of aromatic carboxylic acids is 1. The van der Waals surface area contributed by atoms with E-state index in [0.717, 1.165) is 19.7 Å². The molecule has 0 amide bonds. The molecule has 6 heteroatoms. The highest BCUT2D eigenvalue weighted by Crippen LogP contribution is 2.32. The van der Waals surface area contributed by atoms with Crippen molar-refractivity contribution in [2.24, 2.45) is 0 Å². The minimum absolute atomic E-state index is 0.274. The highest BCUT2D eigenvalue weighted by molar-refractivity contribution is 9.10. The molecule has 0 radical (unpaired) electrons. The molecule has 19 heavy (non-hydrogen) atoms. The van der Waals surface area contributed by atoms with E-state index in [2.05, 4.69) is 36.8 Å². The molecule has 0 unspecified atom stereocenters. The Morgan fingerprint density at radius 1 is 1.26 bits per heavy atom. The second-order valence-corrected chi connectivity index (χ2v) is 6.60. The lowest BCUT2D eigenvalue weighted by Crippen LogP contribution is -1.98. The summed E-state index contributed by atoms with van der Waals surface area (Å²) in [7, 11) is 0. The number of pyridine rings is 1. The summed E-state index contributed by atoms with van der Waals surface area (Å²) in [5.74, 6) is -0.941. The number of carbonyl (C=O) groups is 1. The Morgan fingerprint density at radius 2 is 2.00 bits per heavy atom. The highest BCUT2D eigenvalue weighted by atomic mass is 79.9. The van der Waals surface area contributed by atoms with Crippen molar-refractivity contribution in [3.05, 3.63) is 50.5 Å². The van der Waals surface area contributed by atoms with Crippen LogP contribution in [0.25, 0.3) is 0 Å². The van der Waals surface area contributed by atoms with Gasteiger partial charge in [-0.1, -0.05) is 27.7 Å². The molecule has 98 valence electrons. The maximum Gasteiger partial charge on any atom is 0.336 e. The van der Waals surface area contributed by atoms with Crippen molar-refractivity contribution in [3.8, 4) is 0 Å². The molecule has 2 aromatic rings. The number of hydrogen-bond donors (Lipinski definition) is 1. The van der Waals surface area contributed by atoms with Gasteiger partial charge in [-0.05, 0) is 53.2 Å². The van der Waals surface area contributed by atoms with Gasteiger partial charge in [-0.25, -0.2) is 9.78 Å². The lowest BCUT2D eigenvalue weighted by Gasteiger charge is -2.07. The first-order valence-electron chi connectivity index (χ1n) is 5.31. The Kier molecular flexibility index (Phi) is 4.65. The van der Waals surface area contributed by atoms with Crippen LogP contribution in [0.3, 0.4) is 0 Å². The maximum atomic E-state index is 11.2. The Balaban J connectivity index is 2.39. The third-order valence-corrected chi connectivity index (χ3v) is 4.71. The second kappa shape index (κ2) is 6.07. The van der Waals surface area contributed by atoms with Crippen LogP contribution in [0.5, 0.6) is 0 Å². The third-order valence-electron chi connectivity index (χ3n) is 2.38. The van der Waals surface area contributed by atoms with Crippen LogP contribution in [0.1, 0.15) is 16.1 Å². The van der Waals surface area contributed by atoms with Crippen LogP contribution in [0.15, 0.2) is 49.2 Å². The van der Waals surface area contributed by atoms with Crippen LogP contribution in [0, 0.1) is 6.92 Å². The first-order valence-corrected chi connectivity index (χ1v) is 7.71. The van der Waals surface area contributed by atoms with Crippen molar-refractivity contribution in [2.45, 2.75) is 16.8 Å². The van der Waals surface area contributed by atoms with E-state index in [0.29, 0.717) is 4.90 Å². The van der Waals surface area contributed by atoms with Crippen LogP contribution >= 0.6 is 43.6 Å². The predicted octanol–water partition coefficient (Wildman–Crippen LogP) is 4.76. The molecule has 1 aromatic heterocycles. The van der Waals surface area contributed by atoms with E-state index in [-0.39, 0.29) is 5.56 Å². The van der Waals surface area contributed by atoms with Crippen molar-refractivity contribution in [1.29, 1.82) is 0 Å². The number of rotatable bonds is 3. The fourth-order valence-electron chi connectivity index (χ4n) is 1.45. The van der Waals surface area contributed by atoms with Gasteiger partial charge < -0.3 is 5.11 Å². The van der Waals surface area contributed by atoms with E-state index in [9.17, 15) is 9.90 Å². The van der Waals surface area contributed by atoms with Crippen LogP contribution in [-0.4, -0.2) is 16.1 Å². The summed E-state index contributed by atoms with van der Waals surface area (Å²) < 4.78 is 1.78. The number of halogens is 2. The van der Waals surface area contributed by atoms with Crippen molar-refractivity contribution >= 4 is 49.6 Å². The Bertz CT molecular complexity index is 647. The van der Waals surface area contributed by atoms with Crippen LogP contribution in [0.4, 0.5) is 0 Å². The molecule has 3 nitrogen and oxygen atoms in total. The molecule has 1 N–H and O–H groups in total. The van der Waals surface area contributed by atoms with Crippen molar-refractivity contribution in [2.75, 3.05) is 0 Å². The summed E-state index contributed by atoms with van der Waals surface area (Å²) in [6, 6.07) is 8.85. The average molecular weight is 403 g/mol. The minimum atomic E-state index is -0.941. The van der Waals surface area contributed by atoms with Gasteiger partial charge in [0, 0.05) is 13.8 Å². The average Bonchev–Trinajstić information content (AvgIpc) is 2.33. The lowest BCUT2D eigenvalue weighted by atomic mass is 10.2. The van der Waals surface area contributed by atoms with Crippen LogP contribution in [0.2, 0.25) is 0 Å². The highest BCUT2D eigenvalue weighted by Gasteiger charge is 2.12. The maximum absolute atomic E-state index is 11.2. The third kappa shape index (κ3) is 3.58. The molecule has 0 aliphatic carbocycles. The fraction of sp³-hybridized carbons (Fsp3) is 0.0769. The number of carboxylic acids is 1. The monoisotopic (exact) mass is 401 g/mol. The number of benzene rings is 1. The van der Waals surface area contributed by atoms with E-state index in [4.69, 9.17) is 0 Å². The Labute approximate surface area is 131 Å². The topological polar surface area (TPSA) is 50.2 Å². The molecule has 0 spiro atoms. The molecule has 0 aliphatic heterocycles. The van der Waals surface area contributed by atoms with Gasteiger partial charge in [-0.3, -0.25) is 0 Å². The molecule has 0 aliphatic rings. The zero-order chi connectivity index (χ0) is 14.0. The predicted molar refractivity (Wildman–Crippen MR) is 81.9 cm³/mol. The van der Waals surface area contributed by atoms with Gasteiger partial charge in [0.25, 0.3) is 0 Å². The SMILES string of the molecule is Cc1nc(Sc2cc(Br)ccc2C(=O)O)ccc1Br. The zero-order valence-electron chi connectivity index (χ0n) is 9.85. The molecular formula is C13H9Br2NO2S. The number of hydrogen-bond acceptors (Lipinski definition) is 3. The molecule has 0 saturated heterocycles. The largest absolute Gasteiger partial charge is 0.478 e. The zero-order valence-corrected chi connectivity index (χ0v) is 13.8. The van der Waals surface area contributed by atoms with E-state index >= 15 is 0 Å². The summed E-state index contributed by atoms with van der Waals surface area (Å²) in [6.07, 6.45) is 0. The Morgan fingerprint density at radius 3 is 2.63 bits per heavy atom. The van der Waals surface area contributed by atoms with Crippen molar-refractivity contribution in [3.63, 3.8) is 0 Å². The number of nitrogens with zero attached hydrogens (tertiary/aromatic N) is 1. The van der Waals surface area contributed by atoms with Crippen molar-refractivity contribution < 1.29 is 9.90 Å². The normalized spacial score (nSPS) is 10.5. The summed E-state index contributed by atoms with van der Waals surface area (Å²) in [6.45, 7) is 1.90.